The number of hydrogen-bond donors (Lipinski definition) is 1. The predicted octanol–water partition coefficient (Wildman–Crippen LogP) is 2.93. The Morgan fingerprint density at radius 3 is 2.75 bits per heavy atom. The van der Waals surface area contributed by atoms with Crippen LogP contribution in [0.5, 0.6) is 0 Å². The van der Waals surface area contributed by atoms with Crippen molar-refractivity contribution in [1.82, 2.24) is 4.57 Å². The first kappa shape index (κ1) is 13.2. The molecule has 2 aromatic rings. The van der Waals surface area contributed by atoms with Crippen molar-refractivity contribution in [3.63, 3.8) is 0 Å². The number of pyridine rings is 1. The Labute approximate surface area is 120 Å². The second-order valence-electron chi connectivity index (χ2n) is 5.23. The monoisotopic (exact) mass is 291 g/mol. The van der Waals surface area contributed by atoms with Gasteiger partial charge in [0.2, 0.25) is 0 Å². The van der Waals surface area contributed by atoms with E-state index in [-0.39, 0.29) is 11.8 Å². The SMILES string of the molecule is Cc1c(CC(=O)O)c(=O)c2ccc(Cl)cc2n1C1CC1. The number of hydrogen-bond acceptors (Lipinski definition) is 2. The van der Waals surface area contributed by atoms with Gasteiger partial charge in [-0.1, -0.05) is 11.6 Å². The minimum absolute atomic E-state index is 0.200. The van der Waals surface area contributed by atoms with Crippen LogP contribution in [0, 0.1) is 6.92 Å². The Morgan fingerprint density at radius 2 is 2.15 bits per heavy atom. The highest BCUT2D eigenvalue weighted by molar-refractivity contribution is 6.31. The highest BCUT2D eigenvalue weighted by atomic mass is 35.5. The van der Waals surface area contributed by atoms with Crippen LogP contribution in [0.4, 0.5) is 0 Å². The minimum Gasteiger partial charge on any atom is -0.481 e. The van der Waals surface area contributed by atoms with Crippen molar-refractivity contribution >= 4 is 28.5 Å². The van der Waals surface area contributed by atoms with E-state index in [0.29, 0.717) is 22.0 Å². The molecule has 20 heavy (non-hydrogen) atoms. The molecule has 0 amide bonds. The Balaban J connectivity index is 2.39. The maximum absolute atomic E-state index is 12.5. The molecular formula is C15H14ClNO3. The van der Waals surface area contributed by atoms with Crippen molar-refractivity contribution in [3.05, 3.63) is 44.7 Å². The average Bonchev–Trinajstić information content (AvgIpc) is 3.18. The number of benzene rings is 1. The fourth-order valence-corrected chi connectivity index (χ4v) is 2.88. The Kier molecular flexibility index (Phi) is 3.05. The number of halogens is 1. The van der Waals surface area contributed by atoms with Gasteiger partial charge in [-0.2, -0.15) is 0 Å². The maximum atomic E-state index is 12.5. The quantitative estimate of drug-likeness (QED) is 0.946. The normalized spacial score (nSPS) is 14.7. The molecule has 1 aliphatic rings. The molecule has 0 unspecified atom stereocenters. The molecule has 1 N–H and O–H groups in total. The summed E-state index contributed by atoms with van der Waals surface area (Å²) in [5.74, 6) is -0.985. The summed E-state index contributed by atoms with van der Waals surface area (Å²) in [5.41, 5.74) is 1.72. The summed E-state index contributed by atoms with van der Waals surface area (Å²) in [5, 5.41) is 10.1. The number of carboxylic acids is 1. The molecule has 1 heterocycles. The minimum atomic E-state index is -0.985. The summed E-state index contributed by atoms with van der Waals surface area (Å²) in [6.45, 7) is 1.82. The Hall–Kier alpha value is -1.81. The maximum Gasteiger partial charge on any atom is 0.308 e. The summed E-state index contributed by atoms with van der Waals surface area (Å²) < 4.78 is 2.07. The third kappa shape index (κ3) is 2.10. The summed E-state index contributed by atoms with van der Waals surface area (Å²) in [4.78, 5) is 23.5. The zero-order chi connectivity index (χ0) is 14.4. The molecule has 0 atom stereocenters. The smallest absolute Gasteiger partial charge is 0.308 e. The van der Waals surface area contributed by atoms with Crippen molar-refractivity contribution in [2.24, 2.45) is 0 Å². The number of carbonyl (C=O) groups is 1. The van der Waals surface area contributed by atoms with E-state index in [1.54, 1.807) is 18.2 Å². The first-order valence-electron chi connectivity index (χ1n) is 6.54. The summed E-state index contributed by atoms with van der Waals surface area (Å²) in [6.07, 6.45) is 1.87. The molecule has 4 nitrogen and oxygen atoms in total. The summed E-state index contributed by atoms with van der Waals surface area (Å²) in [7, 11) is 0. The van der Waals surface area contributed by atoms with Gasteiger partial charge in [-0.3, -0.25) is 9.59 Å². The van der Waals surface area contributed by atoms with Gasteiger partial charge < -0.3 is 9.67 Å². The highest BCUT2D eigenvalue weighted by Gasteiger charge is 2.28. The van der Waals surface area contributed by atoms with E-state index in [2.05, 4.69) is 4.57 Å². The van der Waals surface area contributed by atoms with E-state index < -0.39 is 5.97 Å². The molecule has 1 aliphatic carbocycles. The molecule has 5 heteroatoms. The Morgan fingerprint density at radius 1 is 1.45 bits per heavy atom. The van der Waals surface area contributed by atoms with E-state index in [1.807, 2.05) is 6.92 Å². The number of aromatic nitrogens is 1. The van der Waals surface area contributed by atoms with E-state index in [4.69, 9.17) is 16.7 Å². The summed E-state index contributed by atoms with van der Waals surface area (Å²) in [6, 6.07) is 5.49. The molecule has 3 rings (SSSR count). The van der Waals surface area contributed by atoms with Crippen molar-refractivity contribution in [2.45, 2.75) is 32.2 Å². The highest BCUT2D eigenvalue weighted by Crippen LogP contribution is 2.38. The lowest BCUT2D eigenvalue weighted by molar-refractivity contribution is -0.136. The standard InChI is InChI=1S/C15H14ClNO3/c1-8-12(7-14(18)19)15(20)11-5-2-9(16)6-13(11)17(8)10-3-4-10/h2,5-6,10H,3-4,7H2,1H3,(H,18,19). The second kappa shape index (κ2) is 4.63. The van der Waals surface area contributed by atoms with E-state index in [1.165, 1.54) is 0 Å². The Bertz CT molecular complexity index is 775. The van der Waals surface area contributed by atoms with Gasteiger partial charge in [0, 0.05) is 27.7 Å². The average molecular weight is 292 g/mol. The third-order valence-corrected chi connectivity index (χ3v) is 4.01. The van der Waals surface area contributed by atoms with Crippen LogP contribution in [0.2, 0.25) is 5.02 Å². The van der Waals surface area contributed by atoms with E-state index >= 15 is 0 Å². The van der Waals surface area contributed by atoms with Crippen LogP contribution in [0.1, 0.15) is 30.1 Å². The molecule has 0 radical (unpaired) electrons. The van der Waals surface area contributed by atoms with Gasteiger partial charge in [0.15, 0.2) is 5.43 Å². The molecule has 0 saturated heterocycles. The molecular weight excluding hydrogens is 278 g/mol. The third-order valence-electron chi connectivity index (χ3n) is 3.78. The molecule has 1 fully saturated rings. The van der Waals surface area contributed by atoms with Gasteiger partial charge in [-0.15, -0.1) is 0 Å². The van der Waals surface area contributed by atoms with Crippen LogP contribution >= 0.6 is 11.6 Å². The van der Waals surface area contributed by atoms with Crippen molar-refractivity contribution < 1.29 is 9.90 Å². The molecule has 1 saturated carbocycles. The number of carboxylic acid groups (broad SMARTS) is 1. The van der Waals surface area contributed by atoms with Crippen LogP contribution in [-0.2, 0) is 11.2 Å². The van der Waals surface area contributed by atoms with Gasteiger partial charge >= 0.3 is 5.97 Å². The zero-order valence-corrected chi connectivity index (χ0v) is 11.8. The molecule has 0 bridgehead atoms. The van der Waals surface area contributed by atoms with Crippen molar-refractivity contribution in [3.8, 4) is 0 Å². The van der Waals surface area contributed by atoms with Crippen LogP contribution in [-0.4, -0.2) is 15.6 Å². The predicted molar refractivity (Wildman–Crippen MR) is 77.6 cm³/mol. The zero-order valence-electron chi connectivity index (χ0n) is 11.0. The topological polar surface area (TPSA) is 59.3 Å². The van der Waals surface area contributed by atoms with Gasteiger partial charge in [0.25, 0.3) is 0 Å². The molecule has 1 aromatic carbocycles. The van der Waals surface area contributed by atoms with E-state index in [0.717, 1.165) is 24.1 Å². The van der Waals surface area contributed by atoms with Crippen LogP contribution in [0.15, 0.2) is 23.0 Å². The van der Waals surface area contributed by atoms with Gasteiger partial charge in [-0.05, 0) is 38.0 Å². The lowest BCUT2D eigenvalue weighted by Crippen LogP contribution is -2.21. The molecule has 0 spiro atoms. The van der Waals surface area contributed by atoms with Crippen molar-refractivity contribution in [2.75, 3.05) is 0 Å². The molecule has 0 aliphatic heterocycles. The van der Waals surface area contributed by atoms with Gasteiger partial charge in [-0.25, -0.2) is 0 Å². The first-order chi connectivity index (χ1) is 9.49. The van der Waals surface area contributed by atoms with Crippen molar-refractivity contribution in [1.29, 1.82) is 0 Å². The lowest BCUT2D eigenvalue weighted by atomic mass is 10.0. The van der Waals surface area contributed by atoms with Crippen LogP contribution in [0.3, 0.4) is 0 Å². The van der Waals surface area contributed by atoms with Crippen LogP contribution in [0.25, 0.3) is 10.9 Å². The summed E-state index contributed by atoms with van der Waals surface area (Å²) >= 11 is 6.04. The number of aliphatic carboxylic acids is 1. The fourth-order valence-electron chi connectivity index (χ4n) is 2.71. The first-order valence-corrected chi connectivity index (χ1v) is 6.92. The molecule has 104 valence electrons. The molecule has 1 aromatic heterocycles. The number of rotatable bonds is 3. The van der Waals surface area contributed by atoms with Gasteiger partial charge in [0.05, 0.1) is 11.9 Å². The largest absolute Gasteiger partial charge is 0.481 e. The van der Waals surface area contributed by atoms with E-state index in [9.17, 15) is 9.59 Å². The fraction of sp³-hybridized carbons (Fsp3) is 0.333. The van der Waals surface area contributed by atoms with Crippen LogP contribution < -0.4 is 5.43 Å². The lowest BCUT2D eigenvalue weighted by Gasteiger charge is -2.17. The number of fused-ring (bicyclic) bond motifs is 1. The number of nitrogens with zero attached hydrogens (tertiary/aromatic N) is 1. The van der Waals surface area contributed by atoms with Gasteiger partial charge in [0.1, 0.15) is 0 Å². The second-order valence-corrected chi connectivity index (χ2v) is 5.66.